The highest BCUT2D eigenvalue weighted by molar-refractivity contribution is 5.36. The van der Waals surface area contributed by atoms with Crippen LogP contribution in [0.3, 0.4) is 0 Å². The third-order valence-electron chi connectivity index (χ3n) is 11.6. The Labute approximate surface area is 308 Å². The van der Waals surface area contributed by atoms with Gasteiger partial charge < -0.3 is 56.7 Å². The number of quaternary nitrogens is 1. The van der Waals surface area contributed by atoms with Crippen molar-refractivity contribution in [2.45, 2.75) is 82.2 Å². The summed E-state index contributed by atoms with van der Waals surface area (Å²) >= 11 is 0. The minimum atomic E-state index is -0.902. The molecule has 274 valence electrons. The minimum Gasteiger partial charge on any atom is -1.00 e. The van der Waals surface area contributed by atoms with Crippen molar-refractivity contribution in [2.24, 2.45) is 11.8 Å². The maximum absolute atomic E-state index is 12.0. The third-order valence-corrected chi connectivity index (χ3v) is 11.6. The predicted molar refractivity (Wildman–Crippen MR) is 191 cm³/mol. The molecule has 2 bridgehead atoms. The zero-order valence-electron chi connectivity index (χ0n) is 29.4. The van der Waals surface area contributed by atoms with Gasteiger partial charge in [-0.15, -0.1) is 0 Å². The van der Waals surface area contributed by atoms with E-state index >= 15 is 0 Å². The molecule has 4 fully saturated rings. The van der Waals surface area contributed by atoms with Crippen molar-refractivity contribution in [2.75, 3.05) is 52.5 Å². The number of ether oxygens (including phenoxy) is 2. The number of nitrogens with one attached hydrogen (secondary N) is 1. The number of aliphatic hydroxyl groups is 3. The first-order chi connectivity index (χ1) is 23.9. The van der Waals surface area contributed by atoms with Crippen molar-refractivity contribution in [3.8, 4) is 11.5 Å². The molecule has 3 atom stereocenters. The van der Waals surface area contributed by atoms with Crippen molar-refractivity contribution in [3.05, 3.63) is 95.1 Å². The number of hydrogen-bond donors (Lipinski definition) is 5. The molecule has 8 nitrogen and oxygen atoms in total. The van der Waals surface area contributed by atoms with E-state index in [0.29, 0.717) is 36.8 Å². The molecular formula is C41H57BrN2O6. The summed E-state index contributed by atoms with van der Waals surface area (Å²) in [7, 11) is 0. The Morgan fingerprint density at radius 1 is 0.920 bits per heavy atom. The van der Waals surface area contributed by atoms with Crippen LogP contribution < -0.4 is 27.0 Å². The molecule has 3 heterocycles. The molecule has 0 radical (unpaired) electrons. The fourth-order valence-corrected chi connectivity index (χ4v) is 8.58. The van der Waals surface area contributed by atoms with E-state index in [0.717, 1.165) is 67.5 Å². The Hall–Kier alpha value is -2.50. The molecule has 0 amide bonds. The lowest BCUT2D eigenvalue weighted by Crippen LogP contribution is -3.00. The largest absolute Gasteiger partial charge is 1.00 e. The van der Waals surface area contributed by atoms with Gasteiger partial charge in [0.15, 0.2) is 0 Å². The number of aryl methyl sites for hydroxylation is 1. The van der Waals surface area contributed by atoms with Crippen LogP contribution in [-0.4, -0.2) is 83.5 Å². The fourth-order valence-electron chi connectivity index (χ4n) is 8.58. The van der Waals surface area contributed by atoms with Crippen LogP contribution in [-0.2, 0) is 23.4 Å². The highest BCUT2D eigenvalue weighted by Gasteiger charge is 2.48. The lowest BCUT2D eigenvalue weighted by atomic mass is 9.80. The normalized spacial score (nSPS) is 23.7. The minimum absolute atomic E-state index is 0. The molecule has 3 saturated heterocycles. The van der Waals surface area contributed by atoms with E-state index in [2.05, 4.69) is 41.7 Å². The Morgan fingerprint density at radius 2 is 1.66 bits per heavy atom. The zero-order valence-corrected chi connectivity index (χ0v) is 31.0. The van der Waals surface area contributed by atoms with Gasteiger partial charge in [0.2, 0.25) is 0 Å². The smallest absolute Gasteiger partial charge is 0.121 e. The molecule has 4 aliphatic rings. The summed E-state index contributed by atoms with van der Waals surface area (Å²) in [4.78, 5) is 0. The molecule has 50 heavy (non-hydrogen) atoms. The van der Waals surface area contributed by atoms with Crippen molar-refractivity contribution >= 4 is 0 Å². The molecule has 9 heteroatoms. The van der Waals surface area contributed by atoms with Crippen LogP contribution in [0.4, 0.5) is 0 Å². The predicted octanol–water partition coefficient (Wildman–Crippen LogP) is 2.62. The SMILES string of the molecule is OCc1cc([C@@H](O)CNCCCc2ccc(OCCC[N+]34CCC(CC3)[C@@H](OC[C@@](O)(c3ccccc3)C3CCCC3)C4)cc2)ccc1O.[Br-]. The average Bonchev–Trinajstić information content (AvgIpc) is 3.70. The first kappa shape index (κ1) is 38.7. The zero-order chi connectivity index (χ0) is 34.1. The van der Waals surface area contributed by atoms with E-state index in [1.807, 2.05) is 18.2 Å². The summed E-state index contributed by atoms with van der Waals surface area (Å²) in [6, 6.07) is 23.5. The number of aromatic hydroxyl groups is 1. The highest BCUT2D eigenvalue weighted by atomic mass is 79.9. The van der Waals surface area contributed by atoms with Crippen LogP contribution in [0.1, 0.15) is 79.7 Å². The molecule has 1 saturated carbocycles. The fraction of sp³-hybridized carbons (Fsp3) is 0.561. The number of piperidine rings is 3. The number of benzene rings is 3. The van der Waals surface area contributed by atoms with Gasteiger partial charge in [0.05, 0.1) is 45.6 Å². The van der Waals surface area contributed by atoms with Gasteiger partial charge in [0.1, 0.15) is 29.7 Å². The van der Waals surface area contributed by atoms with Crippen molar-refractivity contribution < 1.29 is 51.4 Å². The third kappa shape index (κ3) is 9.68. The van der Waals surface area contributed by atoms with Gasteiger partial charge in [-0.1, -0.05) is 61.4 Å². The van der Waals surface area contributed by atoms with Gasteiger partial charge in [-0.2, -0.15) is 0 Å². The number of aliphatic hydroxyl groups excluding tert-OH is 2. The van der Waals surface area contributed by atoms with Crippen LogP contribution in [0.15, 0.2) is 72.8 Å². The molecule has 0 aromatic heterocycles. The summed E-state index contributed by atoms with van der Waals surface area (Å²) in [5.74, 6) is 1.82. The molecule has 0 unspecified atom stereocenters. The van der Waals surface area contributed by atoms with Gasteiger partial charge >= 0.3 is 0 Å². The van der Waals surface area contributed by atoms with Crippen molar-refractivity contribution in [3.63, 3.8) is 0 Å². The quantitative estimate of drug-likeness (QED) is 0.100. The van der Waals surface area contributed by atoms with Crippen molar-refractivity contribution in [1.29, 1.82) is 0 Å². The number of fused-ring (bicyclic) bond motifs is 3. The average molecular weight is 754 g/mol. The van der Waals surface area contributed by atoms with Gasteiger partial charge in [-0.25, -0.2) is 0 Å². The number of rotatable bonds is 18. The first-order valence-corrected chi connectivity index (χ1v) is 18.7. The number of hydrogen-bond acceptors (Lipinski definition) is 7. The van der Waals surface area contributed by atoms with E-state index in [4.69, 9.17) is 9.47 Å². The molecule has 1 aliphatic carbocycles. The maximum atomic E-state index is 12.0. The van der Waals surface area contributed by atoms with Crippen LogP contribution in [0.25, 0.3) is 0 Å². The summed E-state index contributed by atoms with van der Waals surface area (Å²) < 4.78 is 14.0. The molecule has 7 rings (SSSR count). The Bertz CT molecular complexity index is 1450. The van der Waals surface area contributed by atoms with Crippen LogP contribution in [0.2, 0.25) is 0 Å². The monoisotopic (exact) mass is 752 g/mol. The molecule has 3 aromatic rings. The summed E-state index contributed by atoms with van der Waals surface area (Å²) in [5, 5.41) is 44.8. The molecule has 0 spiro atoms. The molecule has 3 aliphatic heterocycles. The number of nitrogens with zero attached hydrogens (tertiary/aromatic N) is 1. The Morgan fingerprint density at radius 3 is 2.38 bits per heavy atom. The Kier molecular flexibility index (Phi) is 14.2. The summed E-state index contributed by atoms with van der Waals surface area (Å²) in [5.41, 5.74) is 2.46. The standard InChI is InChI=1S/C41H56N2O6.BrH/c44-29-34-26-33(15-18-38(34)45)39(46)27-42-21-6-8-31-13-16-37(17-14-31)48-25-7-22-43-23-19-32(20-24-43)40(28-43)49-30-41(47,36-11-4-5-12-36)35-9-2-1-3-10-35;/h1-3,9-10,13-18,26,32,36,39-40,42,44,46-47H,4-8,11-12,19-25,27-30H2;1H/t32?,39-,40-,41+,43?;/m0./s1. The molecule has 3 aromatic carbocycles. The second kappa shape index (κ2) is 18.3. The summed E-state index contributed by atoms with van der Waals surface area (Å²) in [6.45, 7) is 6.63. The summed E-state index contributed by atoms with van der Waals surface area (Å²) in [6.07, 6.45) is 9.37. The highest BCUT2D eigenvalue weighted by Crippen LogP contribution is 2.42. The van der Waals surface area contributed by atoms with E-state index in [9.17, 15) is 20.4 Å². The first-order valence-electron chi connectivity index (χ1n) is 18.7. The van der Waals surface area contributed by atoms with E-state index in [-0.39, 0.29) is 41.4 Å². The van der Waals surface area contributed by atoms with Gasteiger partial charge in [0, 0.05) is 37.3 Å². The van der Waals surface area contributed by atoms with Crippen LogP contribution >= 0.6 is 0 Å². The second-order valence-electron chi connectivity index (χ2n) is 14.9. The maximum Gasteiger partial charge on any atom is 0.121 e. The number of phenols is 1. The van der Waals surface area contributed by atoms with E-state index in [1.54, 1.807) is 12.1 Å². The second-order valence-corrected chi connectivity index (χ2v) is 14.9. The van der Waals surface area contributed by atoms with Crippen LogP contribution in [0, 0.1) is 11.8 Å². The van der Waals surface area contributed by atoms with Gasteiger partial charge in [-0.3, -0.25) is 0 Å². The van der Waals surface area contributed by atoms with Crippen LogP contribution in [0.5, 0.6) is 11.5 Å². The van der Waals surface area contributed by atoms with Crippen molar-refractivity contribution in [1.82, 2.24) is 5.32 Å². The van der Waals surface area contributed by atoms with E-state index in [1.165, 1.54) is 50.4 Å². The molecular weight excluding hydrogens is 696 g/mol. The van der Waals surface area contributed by atoms with Gasteiger partial charge in [0.25, 0.3) is 0 Å². The van der Waals surface area contributed by atoms with Gasteiger partial charge in [-0.05, 0) is 79.1 Å². The Balaban J connectivity index is 0.00000486. The topological polar surface area (TPSA) is 111 Å². The lowest BCUT2D eigenvalue weighted by Gasteiger charge is -2.53. The number of halogens is 1. The lowest BCUT2D eigenvalue weighted by molar-refractivity contribution is -0.946. The van der Waals surface area contributed by atoms with E-state index < -0.39 is 11.7 Å². The molecule has 5 N–H and O–H groups in total.